The molecule has 1 saturated heterocycles. The van der Waals surface area contributed by atoms with Crippen molar-refractivity contribution >= 4 is 5.91 Å². The number of nitrogens with one attached hydrogen (secondary N) is 1. The molecule has 0 saturated carbocycles. The molecule has 1 amide bonds. The molecule has 3 rings (SSSR count). The van der Waals surface area contributed by atoms with Crippen LogP contribution in [0.4, 0.5) is 0 Å². The van der Waals surface area contributed by atoms with Crippen molar-refractivity contribution in [3.63, 3.8) is 0 Å². The molecule has 0 atom stereocenters. The first-order valence-corrected chi connectivity index (χ1v) is 9.23. The lowest BCUT2D eigenvalue weighted by Gasteiger charge is -2.32. The molecule has 1 fully saturated rings. The van der Waals surface area contributed by atoms with Crippen LogP contribution in [0.25, 0.3) is 0 Å². The second-order valence-electron chi connectivity index (χ2n) is 6.54. The molecule has 2 aromatic rings. The number of benzene rings is 2. The number of amides is 1. The number of rotatable bonds is 7. The van der Waals surface area contributed by atoms with Crippen molar-refractivity contribution < 1.29 is 23.9 Å². The zero-order valence-electron chi connectivity index (χ0n) is 15.9. The van der Waals surface area contributed by atoms with E-state index >= 15 is 0 Å². The summed E-state index contributed by atoms with van der Waals surface area (Å²) in [5.74, 6) is 2.53. The molecule has 27 heavy (non-hydrogen) atoms. The van der Waals surface area contributed by atoms with Crippen LogP contribution in [0.1, 0.15) is 10.4 Å². The molecule has 144 valence electrons. The fourth-order valence-corrected chi connectivity index (χ4v) is 3.18. The molecule has 2 aromatic carbocycles. The van der Waals surface area contributed by atoms with E-state index in [9.17, 15) is 4.79 Å². The van der Waals surface area contributed by atoms with Crippen molar-refractivity contribution in [3.8, 4) is 17.2 Å². The minimum Gasteiger partial charge on any atom is -0.497 e. The minimum absolute atomic E-state index is 0.0891. The van der Waals surface area contributed by atoms with Gasteiger partial charge in [-0.1, -0.05) is 0 Å². The van der Waals surface area contributed by atoms with Crippen molar-refractivity contribution in [1.29, 1.82) is 0 Å². The van der Waals surface area contributed by atoms with E-state index in [2.05, 4.69) is 0 Å². The number of piperazine rings is 1. The molecule has 0 radical (unpaired) electrons. The lowest BCUT2D eigenvalue weighted by atomic mass is 10.1. The number of ether oxygens (including phenoxy) is 3. The first-order valence-electron chi connectivity index (χ1n) is 9.23. The van der Waals surface area contributed by atoms with Gasteiger partial charge in [-0.25, -0.2) is 0 Å². The van der Waals surface area contributed by atoms with Crippen molar-refractivity contribution in [3.05, 3.63) is 54.1 Å². The van der Waals surface area contributed by atoms with Gasteiger partial charge in [-0.15, -0.1) is 0 Å². The van der Waals surface area contributed by atoms with Gasteiger partial charge in [0.2, 0.25) is 0 Å². The van der Waals surface area contributed by atoms with E-state index in [1.807, 2.05) is 53.4 Å². The number of hydrogen-bond donors (Lipinski definition) is 1. The van der Waals surface area contributed by atoms with E-state index < -0.39 is 0 Å². The number of hydrogen-bond acceptors (Lipinski definition) is 4. The van der Waals surface area contributed by atoms with Crippen molar-refractivity contribution in [2.75, 3.05) is 53.6 Å². The zero-order valence-corrected chi connectivity index (χ0v) is 15.9. The molecule has 0 bridgehead atoms. The highest BCUT2D eigenvalue weighted by molar-refractivity contribution is 5.94. The van der Waals surface area contributed by atoms with Crippen molar-refractivity contribution in [1.82, 2.24) is 4.90 Å². The smallest absolute Gasteiger partial charge is 0.254 e. The molecular weight excluding hydrogens is 344 g/mol. The molecule has 1 N–H and O–H groups in total. The summed E-state index contributed by atoms with van der Waals surface area (Å²) >= 11 is 0. The largest absolute Gasteiger partial charge is 0.497 e. The Labute approximate surface area is 160 Å². The number of carbonyl (C=O) groups is 1. The SMILES string of the molecule is COc1ccc(OCC[NH+]2CCN(C(=O)c3ccc(OC)cc3)CC2)cc1. The van der Waals surface area contributed by atoms with Gasteiger partial charge in [0.25, 0.3) is 5.91 Å². The minimum atomic E-state index is 0.0891. The predicted molar refractivity (Wildman–Crippen MR) is 103 cm³/mol. The molecule has 0 spiro atoms. The van der Waals surface area contributed by atoms with E-state index in [0.29, 0.717) is 12.2 Å². The van der Waals surface area contributed by atoms with E-state index in [0.717, 1.165) is 50.0 Å². The number of nitrogens with zero attached hydrogens (tertiary/aromatic N) is 1. The molecule has 0 aromatic heterocycles. The van der Waals surface area contributed by atoms with Crippen LogP contribution in [-0.4, -0.2) is 64.4 Å². The van der Waals surface area contributed by atoms with Gasteiger partial charge in [-0.05, 0) is 48.5 Å². The van der Waals surface area contributed by atoms with Crippen LogP contribution >= 0.6 is 0 Å². The third kappa shape index (κ3) is 5.14. The Morgan fingerprint density at radius 2 is 1.41 bits per heavy atom. The van der Waals surface area contributed by atoms with E-state index in [1.54, 1.807) is 14.2 Å². The van der Waals surface area contributed by atoms with Gasteiger partial charge < -0.3 is 24.0 Å². The lowest BCUT2D eigenvalue weighted by molar-refractivity contribution is -0.903. The van der Waals surface area contributed by atoms with Crippen LogP contribution in [0, 0.1) is 0 Å². The van der Waals surface area contributed by atoms with Crippen LogP contribution in [0.15, 0.2) is 48.5 Å². The van der Waals surface area contributed by atoms with E-state index in [1.165, 1.54) is 4.90 Å². The Morgan fingerprint density at radius 1 is 0.889 bits per heavy atom. The maximum atomic E-state index is 12.6. The van der Waals surface area contributed by atoms with Crippen LogP contribution in [0.3, 0.4) is 0 Å². The summed E-state index contributed by atoms with van der Waals surface area (Å²) in [6.07, 6.45) is 0. The first kappa shape index (κ1) is 19.0. The fourth-order valence-electron chi connectivity index (χ4n) is 3.18. The summed E-state index contributed by atoms with van der Waals surface area (Å²) in [5.41, 5.74) is 0.710. The first-order chi connectivity index (χ1) is 13.2. The van der Waals surface area contributed by atoms with Crippen LogP contribution in [0.2, 0.25) is 0 Å². The summed E-state index contributed by atoms with van der Waals surface area (Å²) in [4.78, 5) is 16.0. The molecule has 6 nitrogen and oxygen atoms in total. The maximum Gasteiger partial charge on any atom is 0.254 e. The fraction of sp³-hybridized carbons (Fsp3) is 0.381. The van der Waals surface area contributed by atoms with Crippen molar-refractivity contribution in [2.45, 2.75) is 0 Å². The molecule has 1 aliphatic heterocycles. The van der Waals surface area contributed by atoms with Crippen LogP contribution in [-0.2, 0) is 0 Å². The quantitative estimate of drug-likeness (QED) is 0.793. The summed E-state index contributed by atoms with van der Waals surface area (Å²) in [6.45, 7) is 5.00. The third-order valence-corrected chi connectivity index (χ3v) is 4.88. The normalized spacial score (nSPS) is 14.7. The highest BCUT2D eigenvalue weighted by Crippen LogP contribution is 2.16. The molecule has 6 heteroatoms. The number of quaternary nitrogens is 1. The van der Waals surface area contributed by atoms with Gasteiger partial charge in [0.05, 0.1) is 40.4 Å². The summed E-state index contributed by atoms with van der Waals surface area (Å²) in [6, 6.07) is 14.9. The van der Waals surface area contributed by atoms with Gasteiger partial charge in [0.1, 0.15) is 30.4 Å². The highest BCUT2D eigenvalue weighted by Gasteiger charge is 2.24. The second-order valence-corrected chi connectivity index (χ2v) is 6.54. The zero-order chi connectivity index (χ0) is 19.1. The van der Waals surface area contributed by atoms with Gasteiger partial charge in [0.15, 0.2) is 0 Å². The number of methoxy groups -OCH3 is 2. The Hall–Kier alpha value is -2.73. The molecule has 0 unspecified atom stereocenters. The van der Waals surface area contributed by atoms with Gasteiger partial charge >= 0.3 is 0 Å². The maximum absolute atomic E-state index is 12.6. The average Bonchev–Trinajstić information content (AvgIpc) is 2.74. The second kappa shape index (κ2) is 9.28. The van der Waals surface area contributed by atoms with Crippen LogP contribution in [0.5, 0.6) is 17.2 Å². The van der Waals surface area contributed by atoms with Crippen molar-refractivity contribution in [2.24, 2.45) is 0 Å². The Bertz CT molecular complexity index is 723. The topological polar surface area (TPSA) is 52.4 Å². The summed E-state index contributed by atoms with van der Waals surface area (Å²) in [5, 5.41) is 0. The van der Waals surface area contributed by atoms with Gasteiger partial charge in [-0.3, -0.25) is 4.79 Å². The monoisotopic (exact) mass is 371 g/mol. The standard InChI is InChI=1S/C21H26N2O4/c1-25-18-5-3-17(4-6-18)21(24)23-13-11-22(12-14-23)15-16-27-20-9-7-19(26-2)8-10-20/h3-10H,11-16H2,1-2H3/p+1. The molecule has 1 aliphatic rings. The molecule has 0 aliphatic carbocycles. The Morgan fingerprint density at radius 3 is 1.96 bits per heavy atom. The molecule has 1 heterocycles. The molecular formula is C21H27N2O4+. The highest BCUT2D eigenvalue weighted by atomic mass is 16.5. The third-order valence-electron chi connectivity index (χ3n) is 4.88. The van der Waals surface area contributed by atoms with Gasteiger partial charge in [-0.2, -0.15) is 0 Å². The Balaban J connectivity index is 1.40. The van der Waals surface area contributed by atoms with Gasteiger partial charge in [0, 0.05) is 5.56 Å². The predicted octanol–water partition coefficient (Wildman–Crippen LogP) is 1.12. The number of carbonyl (C=O) groups excluding carboxylic acids is 1. The average molecular weight is 371 g/mol. The Kier molecular flexibility index (Phi) is 6.54. The summed E-state index contributed by atoms with van der Waals surface area (Å²) in [7, 11) is 3.27. The summed E-state index contributed by atoms with van der Waals surface area (Å²) < 4.78 is 16.1. The lowest BCUT2D eigenvalue weighted by Crippen LogP contribution is -3.15. The van der Waals surface area contributed by atoms with Crippen LogP contribution < -0.4 is 19.1 Å². The van der Waals surface area contributed by atoms with E-state index in [-0.39, 0.29) is 5.91 Å². The van der Waals surface area contributed by atoms with E-state index in [4.69, 9.17) is 14.2 Å².